The normalized spacial score (nSPS) is 15.0. The molecule has 1 aromatic heterocycles. The van der Waals surface area contributed by atoms with Gasteiger partial charge in [0.2, 0.25) is 11.8 Å². The number of nitrogens with one attached hydrogen (secondary N) is 2. The van der Waals surface area contributed by atoms with Crippen molar-refractivity contribution in [1.29, 1.82) is 0 Å². The summed E-state index contributed by atoms with van der Waals surface area (Å²) in [5.74, 6) is 0.639. The zero-order valence-corrected chi connectivity index (χ0v) is 14.4. The topological polar surface area (TPSA) is 87.5 Å². The number of carbonyl (C=O) groups is 2. The standard InChI is InChI=1S/C18H22N4O3/c1-12-10-15(21-25-12)20-18(24)17(13-6-4-3-5-7-13)22(2)11-16(23)19-14-8-9-14/h3-7,10,14,17H,8-9,11H2,1-2H3,(H,19,23)(H,20,21,24)/t17-/m0/s1. The predicted octanol–water partition coefficient (Wildman–Crippen LogP) is 1.87. The van der Waals surface area contributed by atoms with Crippen molar-refractivity contribution < 1.29 is 14.1 Å². The fourth-order valence-corrected chi connectivity index (χ4v) is 2.68. The fraction of sp³-hybridized carbons (Fsp3) is 0.389. The number of carbonyl (C=O) groups excluding carboxylic acids is 2. The van der Waals surface area contributed by atoms with Crippen LogP contribution in [0.25, 0.3) is 0 Å². The van der Waals surface area contributed by atoms with E-state index in [1.807, 2.05) is 30.3 Å². The Kier molecular flexibility index (Phi) is 5.14. The zero-order chi connectivity index (χ0) is 17.8. The van der Waals surface area contributed by atoms with E-state index in [9.17, 15) is 9.59 Å². The van der Waals surface area contributed by atoms with Gasteiger partial charge in [0.15, 0.2) is 5.82 Å². The highest BCUT2D eigenvalue weighted by atomic mass is 16.5. The highest BCUT2D eigenvalue weighted by Gasteiger charge is 2.29. The van der Waals surface area contributed by atoms with Crippen LogP contribution in [0.5, 0.6) is 0 Å². The molecule has 0 unspecified atom stereocenters. The second-order valence-electron chi connectivity index (χ2n) is 6.38. The molecule has 1 aromatic carbocycles. The molecule has 2 amide bonds. The molecule has 1 saturated carbocycles. The molecule has 25 heavy (non-hydrogen) atoms. The first kappa shape index (κ1) is 17.2. The van der Waals surface area contributed by atoms with Gasteiger partial charge in [-0.3, -0.25) is 14.5 Å². The van der Waals surface area contributed by atoms with Crippen molar-refractivity contribution in [1.82, 2.24) is 15.4 Å². The second-order valence-corrected chi connectivity index (χ2v) is 6.38. The van der Waals surface area contributed by atoms with E-state index in [1.54, 1.807) is 24.9 Å². The Balaban J connectivity index is 1.74. The molecule has 1 aliphatic carbocycles. The maximum Gasteiger partial charge on any atom is 0.247 e. The Bertz CT molecular complexity index is 740. The summed E-state index contributed by atoms with van der Waals surface area (Å²) in [6.45, 7) is 1.90. The first-order chi connectivity index (χ1) is 12.0. The van der Waals surface area contributed by atoms with Crippen molar-refractivity contribution in [3.05, 3.63) is 47.7 Å². The smallest absolute Gasteiger partial charge is 0.247 e. The van der Waals surface area contributed by atoms with Crippen molar-refractivity contribution in [3.63, 3.8) is 0 Å². The summed E-state index contributed by atoms with van der Waals surface area (Å²) >= 11 is 0. The molecule has 0 aliphatic heterocycles. The molecular weight excluding hydrogens is 320 g/mol. The summed E-state index contributed by atoms with van der Waals surface area (Å²) in [5.41, 5.74) is 0.807. The van der Waals surface area contributed by atoms with E-state index in [0.717, 1.165) is 18.4 Å². The number of amides is 2. The van der Waals surface area contributed by atoms with Crippen molar-refractivity contribution in [2.75, 3.05) is 18.9 Å². The molecule has 1 heterocycles. The molecule has 2 N–H and O–H groups in total. The molecule has 1 fully saturated rings. The highest BCUT2D eigenvalue weighted by molar-refractivity contribution is 5.95. The van der Waals surface area contributed by atoms with E-state index in [-0.39, 0.29) is 18.4 Å². The summed E-state index contributed by atoms with van der Waals surface area (Å²) < 4.78 is 4.98. The lowest BCUT2D eigenvalue weighted by Gasteiger charge is -2.26. The van der Waals surface area contributed by atoms with Gasteiger partial charge in [-0.1, -0.05) is 35.5 Å². The van der Waals surface area contributed by atoms with Crippen molar-refractivity contribution in [3.8, 4) is 0 Å². The minimum atomic E-state index is -0.608. The minimum absolute atomic E-state index is 0.0731. The monoisotopic (exact) mass is 342 g/mol. The lowest BCUT2D eigenvalue weighted by atomic mass is 10.0. The van der Waals surface area contributed by atoms with Crippen LogP contribution in [0.2, 0.25) is 0 Å². The molecule has 0 saturated heterocycles. The van der Waals surface area contributed by atoms with Crippen molar-refractivity contribution in [2.45, 2.75) is 31.8 Å². The van der Waals surface area contributed by atoms with E-state index in [1.165, 1.54) is 0 Å². The third-order valence-electron chi connectivity index (χ3n) is 4.02. The van der Waals surface area contributed by atoms with Gasteiger partial charge in [0.1, 0.15) is 11.8 Å². The van der Waals surface area contributed by atoms with Gasteiger partial charge in [-0.15, -0.1) is 0 Å². The average Bonchev–Trinajstić information content (AvgIpc) is 3.28. The molecule has 0 spiro atoms. The van der Waals surface area contributed by atoms with Gasteiger partial charge in [0.05, 0.1) is 6.54 Å². The van der Waals surface area contributed by atoms with Crippen LogP contribution in [0.15, 0.2) is 40.9 Å². The number of nitrogens with zero attached hydrogens (tertiary/aromatic N) is 2. The van der Waals surface area contributed by atoms with E-state index in [0.29, 0.717) is 17.6 Å². The van der Waals surface area contributed by atoms with E-state index in [2.05, 4.69) is 15.8 Å². The van der Waals surface area contributed by atoms with E-state index in [4.69, 9.17) is 4.52 Å². The average molecular weight is 342 g/mol. The van der Waals surface area contributed by atoms with Gasteiger partial charge in [-0.2, -0.15) is 0 Å². The molecule has 0 bridgehead atoms. The van der Waals surface area contributed by atoms with Gasteiger partial charge in [-0.25, -0.2) is 0 Å². The number of aryl methyl sites for hydroxylation is 1. The Labute approximate surface area is 146 Å². The number of aromatic nitrogens is 1. The molecule has 0 radical (unpaired) electrons. The van der Waals surface area contributed by atoms with Gasteiger partial charge in [-0.05, 0) is 32.4 Å². The molecule has 7 nitrogen and oxygen atoms in total. The summed E-state index contributed by atoms with van der Waals surface area (Å²) in [4.78, 5) is 26.7. The van der Waals surface area contributed by atoms with Crippen LogP contribution in [0.3, 0.4) is 0 Å². The van der Waals surface area contributed by atoms with E-state index < -0.39 is 6.04 Å². The molecule has 1 aliphatic rings. The van der Waals surface area contributed by atoms with Gasteiger partial charge >= 0.3 is 0 Å². The zero-order valence-electron chi connectivity index (χ0n) is 14.4. The van der Waals surface area contributed by atoms with Crippen LogP contribution < -0.4 is 10.6 Å². The molecule has 3 rings (SSSR count). The largest absolute Gasteiger partial charge is 0.360 e. The fourth-order valence-electron chi connectivity index (χ4n) is 2.68. The summed E-state index contributed by atoms with van der Waals surface area (Å²) in [6, 6.07) is 10.7. The molecular formula is C18H22N4O3. The maximum atomic E-state index is 12.8. The van der Waals surface area contributed by atoms with Gasteiger partial charge in [0.25, 0.3) is 0 Å². The molecule has 132 valence electrons. The van der Waals surface area contributed by atoms with Crippen LogP contribution in [0, 0.1) is 6.92 Å². The predicted molar refractivity (Wildman–Crippen MR) is 92.8 cm³/mol. The van der Waals surface area contributed by atoms with Crippen LogP contribution in [0.4, 0.5) is 5.82 Å². The number of hydrogen-bond acceptors (Lipinski definition) is 5. The minimum Gasteiger partial charge on any atom is -0.360 e. The van der Waals surface area contributed by atoms with Gasteiger partial charge in [0, 0.05) is 12.1 Å². The number of anilines is 1. The van der Waals surface area contributed by atoms with E-state index >= 15 is 0 Å². The third kappa shape index (κ3) is 4.67. The Hall–Kier alpha value is -2.67. The summed E-state index contributed by atoms with van der Waals surface area (Å²) in [7, 11) is 1.76. The number of rotatable bonds is 7. The molecule has 7 heteroatoms. The number of likely N-dealkylation sites (N-methyl/N-ethyl adjacent to an activating group) is 1. The molecule has 1 atom stereocenters. The Morgan fingerprint density at radius 2 is 2.04 bits per heavy atom. The third-order valence-corrected chi connectivity index (χ3v) is 4.02. The SMILES string of the molecule is Cc1cc(NC(=O)[C@H](c2ccccc2)N(C)CC(=O)NC2CC2)no1. The first-order valence-corrected chi connectivity index (χ1v) is 8.31. The number of benzene rings is 1. The first-order valence-electron chi connectivity index (χ1n) is 8.31. The van der Waals surface area contributed by atoms with Crippen LogP contribution in [0.1, 0.15) is 30.2 Å². The summed E-state index contributed by atoms with van der Waals surface area (Å²) in [5, 5.41) is 9.49. The molecule has 2 aromatic rings. The highest BCUT2D eigenvalue weighted by Crippen LogP contribution is 2.22. The number of hydrogen-bond donors (Lipinski definition) is 2. The lowest BCUT2D eigenvalue weighted by Crippen LogP contribution is -2.41. The van der Waals surface area contributed by atoms with Crippen molar-refractivity contribution >= 4 is 17.6 Å². The maximum absolute atomic E-state index is 12.8. The second kappa shape index (κ2) is 7.48. The summed E-state index contributed by atoms with van der Waals surface area (Å²) in [6.07, 6.45) is 2.06. The van der Waals surface area contributed by atoms with Crippen LogP contribution in [-0.4, -0.2) is 41.5 Å². The quantitative estimate of drug-likeness (QED) is 0.802. The van der Waals surface area contributed by atoms with Crippen LogP contribution >= 0.6 is 0 Å². The Morgan fingerprint density at radius 1 is 1.32 bits per heavy atom. The van der Waals surface area contributed by atoms with Gasteiger partial charge < -0.3 is 15.2 Å². The Morgan fingerprint density at radius 3 is 2.64 bits per heavy atom. The van der Waals surface area contributed by atoms with Crippen molar-refractivity contribution in [2.24, 2.45) is 0 Å². The lowest BCUT2D eigenvalue weighted by molar-refractivity contribution is -0.125. The van der Waals surface area contributed by atoms with Crippen LogP contribution in [-0.2, 0) is 9.59 Å².